The third-order valence-corrected chi connectivity index (χ3v) is 2.96. The molecule has 3 heteroatoms. The Labute approximate surface area is 109 Å². The summed E-state index contributed by atoms with van der Waals surface area (Å²) in [4.78, 5) is 11.6. The lowest BCUT2D eigenvalue weighted by molar-refractivity contribution is -0.154. The highest BCUT2D eigenvalue weighted by atomic mass is 16.6. The minimum absolute atomic E-state index is 0.156. The van der Waals surface area contributed by atoms with Gasteiger partial charge in [0.1, 0.15) is 5.60 Å². The number of rotatable bonds is 3. The first-order chi connectivity index (χ1) is 8.20. The lowest BCUT2D eigenvalue weighted by atomic mass is 9.98. The molecule has 1 aromatic carbocycles. The highest BCUT2D eigenvalue weighted by Crippen LogP contribution is 2.21. The molecule has 0 aliphatic carbocycles. The van der Waals surface area contributed by atoms with Crippen molar-refractivity contribution in [2.24, 2.45) is 0 Å². The molecule has 0 fully saturated rings. The number of ether oxygens (including phenoxy) is 1. The number of nitrogens with two attached hydrogens (primary N) is 1. The minimum Gasteiger partial charge on any atom is -0.460 e. The Morgan fingerprint density at radius 1 is 1.22 bits per heavy atom. The van der Waals surface area contributed by atoms with Gasteiger partial charge in [-0.05, 0) is 63.8 Å². The number of esters is 1. The SMILES string of the molecule is Cc1c(N)ccc(CCC(=O)OC(C)(C)C)c1C. The maximum absolute atomic E-state index is 11.6. The van der Waals surface area contributed by atoms with Crippen molar-refractivity contribution in [3.8, 4) is 0 Å². The fourth-order valence-electron chi connectivity index (χ4n) is 1.80. The van der Waals surface area contributed by atoms with Gasteiger partial charge in [-0.15, -0.1) is 0 Å². The second-order valence-electron chi connectivity index (χ2n) is 5.65. The largest absolute Gasteiger partial charge is 0.460 e. The average Bonchev–Trinajstić information content (AvgIpc) is 2.22. The molecule has 18 heavy (non-hydrogen) atoms. The van der Waals surface area contributed by atoms with Crippen LogP contribution in [0.3, 0.4) is 0 Å². The van der Waals surface area contributed by atoms with Crippen LogP contribution in [0, 0.1) is 13.8 Å². The first-order valence-corrected chi connectivity index (χ1v) is 6.27. The Morgan fingerprint density at radius 3 is 2.39 bits per heavy atom. The predicted molar refractivity (Wildman–Crippen MR) is 74.5 cm³/mol. The zero-order chi connectivity index (χ0) is 13.9. The third-order valence-electron chi connectivity index (χ3n) is 2.96. The van der Waals surface area contributed by atoms with Crippen molar-refractivity contribution in [3.05, 3.63) is 28.8 Å². The summed E-state index contributed by atoms with van der Waals surface area (Å²) in [6, 6.07) is 3.88. The topological polar surface area (TPSA) is 52.3 Å². The van der Waals surface area contributed by atoms with E-state index >= 15 is 0 Å². The molecule has 100 valence electrons. The summed E-state index contributed by atoms with van der Waals surface area (Å²) in [5.41, 5.74) is 9.64. The zero-order valence-electron chi connectivity index (χ0n) is 12.0. The number of anilines is 1. The summed E-state index contributed by atoms with van der Waals surface area (Å²) in [6.45, 7) is 9.67. The molecular weight excluding hydrogens is 226 g/mol. The molecule has 0 aliphatic rings. The van der Waals surface area contributed by atoms with Gasteiger partial charge in [0, 0.05) is 12.1 Å². The van der Waals surface area contributed by atoms with Crippen LogP contribution in [0.1, 0.15) is 43.9 Å². The lowest BCUT2D eigenvalue weighted by Gasteiger charge is -2.19. The molecule has 0 saturated carbocycles. The van der Waals surface area contributed by atoms with Crippen LogP contribution in [0.15, 0.2) is 12.1 Å². The van der Waals surface area contributed by atoms with E-state index in [1.807, 2.05) is 46.8 Å². The van der Waals surface area contributed by atoms with Gasteiger partial charge in [-0.25, -0.2) is 0 Å². The van der Waals surface area contributed by atoms with E-state index in [1.165, 1.54) is 5.56 Å². The number of hydrogen-bond donors (Lipinski definition) is 1. The molecule has 0 aliphatic heterocycles. The van der Waals surface area contributed by atoms with E-state index in [9.17, 15) is 4.79 Å². The van der Waals surface area contributed by atoms with Crippen LogP contribution in [0.5, 0.6) is 0 Å². The van der Waals surface area contributed by atoms with Crippen molar-refractivity contribution in [1.82, 2.24) is 0 Å². The monoisotopic (exact) mass is 249 g/mol. The molecule has 0 heterocycles. The van der Waals surface area contributed by atoms with Gasteiger partial charge in [0.05, 0.1) is 0 Å². The highest BCUT2D eigenvalue weighted by Gasteiger charge is 2.16. The van der Waals surface area contributed by atoms with E-state index < -0.39 is 5.60 Å². The lowest BCUT2D eigenvalue weighted by Crippen LogP contribution is -2.24. The molecule has 0 atom stereocenters. The van der Waals surface area contributed by atoms with Crippen LogP contribution >= 0.6 is 0 Å². The highest BCUT2D eigenvalue weighted by molar-refractivity contribution is 5.70. The van der Waals surface area contributed by atoms with Crippen molar-refractivity contribution in [2.45, 2.75) is 53.1 Å². The maximum atomic E-state index is 11.6. The number of benzene rings is 1. The van der Waals surface area contributed by atoms with E-state index in [4.69, 9.17) is 10.5 Å². The van der Waals surface area contributed by atoms with Crippen LogP contribution in [-0.2, 0) is 16.0 Å². The van der Waals surface area contributed by atoms with Crippen molar-refractivity contribution >= 4 is 11.7 Å². The van der Waals surface area contributed by atoms with Crippen LogP contribution < -0.4 is 5.73 Å². The molecule has 0 spiro atoms. The standard InChI is InChI=1S/C15H23NO2/c1-10-11(2)13(16)8-6-12(10)7-9-14(17)18-15(3,4)5/h6,8H,7,9,16H2,1-5H3. The fourth-order valence-corrected chi connectivity index (χ4v) is 1.80. The first kappa shape index (κ1) is 14.6. The third kappa shape index (κ3) is 4.06. The molecule has 3 nitrogen and oxygen atoms in total. The molecule has 0 bridgehead atoms. The normalized spacial score (nSPS) is 11.4. The molecule has 1 rings (SSSR count). The molecule has 2 N–H and O–H groups in total. The van der Waals surface area contributed by atoms with Crippen LogP contribution in [0.25, 0.3) is 0 Å². The van der Waals surface area contributed by atoms with Gasteiger partial charge >= 0.3 is 5.97 Å². The van der Waals surface area contributed by atoms with Gasteiger partial charge in [-0.3, -0.25) is 4.79 Å². The maximum Gasteiger partial charge on any atom is 0.306 e. The van der Waals surface area contributed by atoms with Gasteiger partial charge in [0.2, 0.25) is 0 Å². The fraction of sp³-hybridized carbons (Fsp3) is 0.533. The van der Waals surface area contributed by atoms with E-state index in [-0.39, 0.29) is 5.97 Å². The Balaban J connectivity index is 2.65. The van der Waals surface area contributed by atoms with E-state index in [2.05, 4.69) is 0 Å². The first-order valence-electron chi connectivity index (χ1n) is 6.27. The number of carbonyl (C=O) groups excluding carboxylic acids is 1. The Bertz CT molecular complexity index is 445. The summed E-state index contributed by atoms with van der Waals surface area (Å²) in [5.74, 6) is -0.156. The molecule has 1 aromatic rings. The van der Waals surface area contributed by atoms with Gasteiger partial charge in [0.15, 0.2) is 0 Å². The van der Waals surface area contributed by atoms with Crippen molar-refractivity contribution in [1.29, 1.82) is 0 Å². The number of nitrogen functional groups attached to an aromatic ring is 1. The summed E-state index contributed by atoms with van der Waals surface area (Å²) in [5, 5.41) is 0. The van der Waals surface area contributed by atoms with Crippen molar-refractivity contribution < 1.29 is 9.53 Å². The van der Waals surface area contributed by atoms with Gasteiger partial charge in [0.25, 0.3) is 0 Å². The van der Waals surface area contributed by atoms with E-state index in [0.29, 0.717) is 12.8 Å². The molecular formula is C15H23NO2. The molecule has 0 aromatic heterocycles. The molecule has 0 radical (unpaired) electrons. The Kier molecular flexibility index (Phi) is 4.38. The smallest absolute Gasteiger partial charge is 0.306 e. The quantitative estimate of drug-likeness (QED) is 0.661. The van der Waals surface area contributed by atoms with E-state index in [1.54, 1.807) is 0 Å². The summed E-state index contributed by atoms with van der Waals surface area (Å²) >= 11 is 0. The second kappa shape index (κ2) is 5.42. The van der Waals surface area contributed by atoms with Crippen LogP contribution in [0.2, 0.25) is 0 Å². The van der Waals surface area contributed by atoms with E-state index in [0.717, 1.165) is 16.8 Å². The Morgan fingerprint density at radius 2 is 1.83 bits per heavy atom. The zero-order valence-corrected chi connectivity index (χ0v) is 12.0. The predicted octanol–water partition coefficient (Wildman–Crippen LogP) is 3.16. The average molecular weight is 249 g/mol. The molecule has 0 amide bonds. The second-order valence-corrected chi connectivity index (χ2v) is 5.65. The minimum atomic E-state index is -0.414. The van der Waals surface area contributed by atoms with Crippen LogP contribution in [0.4, 0.5) is 5.69 Å². The van der Waals surface area contributed by atoms with Crippen molar-refractivity contribution in [2.75, 3.05) is 5.73 Å². The molecule has 0 saturated heterocycles. The number of hydrogen-bond acceptors (Lipinski definition) is 3. The Hall–Kier alpha value is -1.51. The van der Waals surface area contributed by atoms with Crippen LogP contribution in [-0.4, -0.2) is 11.6 Å². The van der Waals surface area contributed by atoms with Crippen molar-refractivity contribution in [3.63, 3.8) is 0 Å². The summed E-state index contributed by atoms with van der Waals surface area (Å²) < 4.78 is 5.29. The number of carbonyl (C=O) groups is 1. The van der Waals surface area contributed by atoms with Gasteiger partial charge in [-0.2, -0.15) is 0 Å². The van der Waals surface area contributed by atoms with Gasteiger partial charge in [-0.1, -0.05) is 6.07 Å². The summed E-state index contributed by atoms with van der Waals surface area (Å²) in [6.07, 6.45) is 1.10. The molecule has 0 unspecified atom stereocenters. The van der Waals surface area contributed by atoms with Gasteiger partial charge < -0.3 is 10.5 Å². The number of aryl methyl sites for hydroxylation is 1. The summed E-state index contributed by atoms with van der Waals surface area (Å²) in [7, 11) is 0.